The van der Waals surface area contributed by atoms with Crippen LogP contribution in [0.5, 0.6) is 0 Å². The molecule has 2 aromatic rings. The van der Waals surface area contributed by atoms with Crippen LogP contribution in [-0.4, -0.2) is 51.4 Å². The molecule has 8 nitrogen and oxygen atoms in total. The third-order valence-electron chi connectivity index (χ3n) is 4.91. The quantitative estimate of drug-likeness (QED) is 0.679. The lowest BCUT2D eigenvalue weighted by Gasteiger charge is -2.20. The zero-order chi connectivity index (χ0) is 21.4. The normalized spacial score (nSPS) is 19.1. The van der Waals surface area contributed by atoms with Crippen molar-refractivity contribution < 1.29 is 21.6 Å². The minimum Gasteiger partial charge on any atom is -0.273 e. The van der Waals surface area contributed by atoms with E-state index in [4.69, 9.17) is 0 Å². The smallest absolute Gasteiger partial charge is 0.244 e. The molecule has 0 spiro atoms. The molecule has 1 amide bonds. The molecule has 156 valence electrons. The van der Waals surface area contributed by atoms with Crippen molar-refractivity contribution in [2.75, 3.05) is 23.7 Å². The van der Waals surface area contributed by atoms with Crippen molar-refractivity contribution in [2.24, 2.45) is 5.92 Å². The summed E-state index contributed by atoms with van der Waals surface area (Å²) in [6, 6.07) is 7.81. The number of rotatable bonds is 6. The Bertz CT molecular complexity index is 1130. The van der Waals surface area contributed by atoms with E-state index >= 15 is 0 Å². The summed E-state index contributed by atoms with van der Waals surface area (Å²) in [5, 5.41) is 0. The number of sulfonamides is 2. The van der Waals surface area contributed by atoms with Gasteiger partial charge in [0.15, 0.2) is 0 Å². The van der Waals surface area contributed by atoms with Crippen molar-refractivity contribution in [2.45, 2.75) is 25.2 Å². The number of aryl methyl sites for hydroxylation is 1. The monoisotopic (exact) mass is 437 g/mol. The summed E-state index contributed by atoms with van der Waals surface area (Å²) in [5.41, 5.74) is 1.51. The van der Waals surface area contributed by atoms with Crippen LogP contribution < -0.4 is 4.31 Å². The topological polar surface area (TPSA) is 105 Å². The van der Waals surface area contributed by atoms with Gasteiger partial charge >= 0.3 is 0 Å². The summed E-state index contributed by atoms with van der Waals surface area (Å²) in [6.07, 6.45) is 3.84. The first-order valence-corrected chi connectivity index (χ1v) is 12.1. The predicted molar refractivity (Wildman–Crippen MR) is 109 cm³/mol. The van der Waals surface area contributed by atoms with Crippen molar-refractivity contribution >= 4 is 31.6 Å². The van der Waals surface area contributed by atoms with Crippen molar-refractivity contribution in [3.8, 4) is 0 Å². The van der Waals surface area contributed by atoms with E-state index in [1.54, 1.807) is 26.2 Å². The van der Waals surface area contributed by atoms with Crippen molar-refractivity contribution in [1.29, 1.82) is 0 Å². The van der Waals surface area contributed by atoms with Gasteiger partial charge in [0.2, 0.25) is 26.0 Å². The Morgan fingerprint density at radius 3 is 2.41 bits per heavy atom. The molecule has 1 aromatic carbocycles. The van der Waals surface area contributed by atoms with Gasteiger partial charge in [0.1, 0.15) is 0 Å². The zero-order valence-electron chi connectivity index (χ0n) is 16.4. The van der Waals surface area contributed by atoms with Gasteiger partial charge in [-0.25, -0.2) is 25.4 Å². The van der Waals surface area contributed by atoms with Crippen LogP contribution in [0.2, 0.25) is 0 Å². The number of pyridine rings is 1. The van der Waals surface area contributed by atoms with Gasteiger partial charge in [-0.15, -0.1) is 0 Å². The van der Waals surface area contributed by atoms with Gasteiger partial charge in [-0.05, 0) is 54.8 Å². The van der Waals surface area contributed by atoms with E-state index in [-0.39, 0.29) is 22.9 Å². The fraction of sp³-hybridized carbons (Fsp3) is 0.368. The maximum Gasteiger partial charge on any atom is 0.244 e. The summed E-state index contributed by atoms with van der Waals surface area (Å²) in [6.45, 7) is 3.43. The predicted octanol–water partition coefficient (Wildman–Crippen LogP) is 1.57. The summed E-state index contributed by atoms with van der Waals surface area (Å²) in [4.78, 5) is 16.3. The lowest BCUT2D eigenvalue weighted by Crippen LogP contribution is -2.31. The molecule has 0 aliphatic carbocycles. The Kier molecular flexibility index (Phi) is 5.79. The highest BCUT2D eigenvalue weighted by Gasteiger charge is 2.42. The summed E-state index contributed by atoms with van der Waals surface area (Å²) in [5.74, 6) is -1.37. The first-order valence-electron chi connectivity index (χ1n) is 9.07. The Labute approximate surface area is 171 Å². The third kappa shape index (κ3) is 4.19. The van der Waals surface area contributed by atoms with Gasteiger partial charge in [-0.3, -0.25) is 9.78 Å². The minimum atomic E-state index is -3.77. The number of hydrogen-bond acceptors (Lipinski definition) is 6. The van der Waals surface area contributed by atoms with Crippen LogP contribution >= 0.6 is 0 Å². The van der Waals surface area contributed by atoms with Crippen molar-refractivity contribution in [1.82, 2.24) is 9.29 Å². The SMILES string of the molecule is Cc1cc(N2C(=O)[C@H](C)CS2(=O)=O)ccc1S(=O)(=O)N(C)CCc1ccncc1. The minimum absolute atomic E-state index is 0.0792. The second-order valence-electron chi connectivity index (χ2n) is 7.16. The standard InChI is InChI=1S/C19H23N3O5S2/c1-14-12-17(22-19(23)15(2)13-28(22,24)25)4-5-18(14)29(26,27)21(3)11-8-16-6-9-20-10-7-16/h4-7,9-10,12,15H,8,11,13H2,1-3H3/t15-/m1/s1. The molecule has 1 aromatic heterocycles. The van der Waals surface area contributed by atoms with Crippen LogP contribution in [0.1, 0.15) is 18.1 Å². The van der Waals surface area contributed by atoms with E-state index in [0.717, 1.165) is 9.87 Å². The molecule has 1 fully saturated rings. The number of carbonyl (C=O) groups excluding carboxylic acids is 1. The van der Waals surface area contributed by atoms with Crippen LogP contribution in [0, 0.1) is 12.8 Å². The molecule has 0 saturated carbocycles. The van der Waals surface area contributed by atoms with E-state index < -0.39 is 31.9 Å². The van der Waals surface area contributed by atoms with E-state index in [1.807, 2.05) is 12.1 Å². The second-order valence-corrected chi connectivity index (χ2v) is 11.0. The van der Waals surface area contributed by atoms with Gasteiger partial charge < -0.3 is 0 Å². The van der Waals surface area contributed by atoms with Gasteiger partial charge in [-0.2, -0.15) is 0 Å². The van der Waals surface area contributed by atoms with Crippen LogP contribution in [0.4, 0.5) is 5.69 Å². The molecule has 0 N–H and O–H groups in total. The van der Waals surface area contributed by atoms with Crippen molar-refractivity contribution in [3.63, 3.8) is 0 Å². The van der Waals surface area contributed by atoms with Gasteiger partial charge in [0.05, 0.1) is 22.3 Å². The molecular formula is C19H23N3O5S2. The zero-order valence-corrected chi connectivity index (χ0v) is 18.1. The molecule has 0 radical (unpaired) electrons. The number of hydrogen-bond donors (Lipinski definition) is 0. The van der Waals surface area contributed by atoms with Crippen LogP contribution in [0.15, 0.2) is 47.6 Å². The first kappa shape index (κ1) is 21.4. The van der Waals surface area contributed by atoms with Crippen LogP contribution in [0.3, 0.4) is 0 Å². The summed E-state index contributed by atoms with van der Waals surface area (Å²) < 4.78 is 52.5. The molecular weight excluding hydrogens is 414 g/mol. The van der Waals surface area contributed by atoms with Gasteiger partial charge in [0, 0.05) is 26.0 Å². The molecule has 29 heavy (non-hydrogen) atoms. The number of carbonyl (C=O) groups is 1. The number of nitrogens with zero attached hydrogens (tertiary/aromatic N) is 3. The maximum absolute atomic E-state index is 13.0. The molecule has 2 heterocycles. The Morgan fingerprint density at radius 2 is 1.86 bits per heavy atom. The average molecular weight is 438 g/mol. The highest BCUT2D eigenvalue weighted by atomic mass is 32.2. The highest BCUT2D eigenvalue weighted by Crippen LogP contribution is 2.31. The molecule has 10 heteroatoms. The van der Waals surface area contributed by atoms with E-state index in [2.05, 4.69) is 4.98 Å². The van der Waals surface area contributed by atoms with Gasteiger partial charge in [0.25, 0.3) is 0 Å². The first-order chi connectivity index (χ1) is 13.5. The van der Waals surface area contributed by atoms with Gasteiger partial charge in [-0.1, -0.05) is 6.92 Å². The van der Waals surface area contributed by atoms with Crippen LogP contribution in [-0.2, 0) is 31.3 Å². The maximum atomic E-state index is 13.0. The van der Waals surface area contributed by atoms with E-state index in [1.165, 1.54) is 29.6 Å². The lowest BCUT2D eigenvalue weighted by atomic mass is 10.2. The average Bonchev–Trinajstić information content (AvgIpc) is 2.87. The van der Waals surface area contributed by atoms with E-state index in [0.29, 0.717) is 12.0 Å². The largest absolute Gasteiger partial charge is 0.273 e. The fourth-order valence-electron chi connectivity index (χ4n) is 3.26. The number of anilines is 1. The van der Waals surface area contributed by atoms with E-state index in [9.17, 15) is 21.6 Å². The molecule has 0 bridgehead atoms. The third-order valence-corrected chi connectivity index (χ3v) is 8.79. The molecule has 1 saturated heterocycles. The molecule has 1 aliphatic heterocycles. The Morgan fingerprint density at radius 1 is 1.21 bits per heavy atom. The molecule has 3 rings (SSSR count). The number of likely N-dealkylation sites (N-methyl/N-ethyl adjacent to an activating group) is 1. The number of benzene rings is 1. The molecule has 0 unspecified atom stereocenters. The fourth-order valence-corrected chi connectivity index (χ4v) is 6.45. The highest BCUT2D eigenvalue weighted by molar-refractivity contribution is 7.94. The summed E-state index contributed by atoms with van der Waals surface area (Å²) in [7, 11) is -6.01. The number of aromatic nitrogens is 1. The van der Waals surface area contributed by atoms with Crippen molar-refractivity contribution in [3.05, 3.63) is 53.9 Å². The Hall–Kier alpha value is -2.30. The molecule has 1 aliphatic rings. The van der Waals surface area contributed by atoms with Crippen LogP contribution in [0.25, 0.3) is 0 Å². The lowest BCUT2D eigenvalue weighted by molar-refractivity contribution is -0.119. The molecule has 1 atom stereocenters. The second kappa shape index (κ2) is 7.85. The number of amides is 1. The summed E-state index contributed by atoms with van der Waals surface area (Å²) >= 11 is 0. The Balaban J connectivity index is 1.84.